The minimum Gasteiger partial charge on any atom is -0.374 e. The summed E-state index contributed by atoms with van der Waals surface area (Å²) in [5, 5.41) is 3.31. The van der Waals surface area contributed by atoms with Crippen LogP contribution in [0.4, 0.5) is 11.6 Å². The van der Waals surface area contributed by atoms with Crippen LogP contribution in [0.1, 0.15) is 39.0 Å². The highest BCUT2D eigenvalue weighted by atomic mass is 16.5. The fourth-order valence-electron chi connectivity index (χ4n) is 3.21. The molecule has 0 radical (unpaired) electrons. The van der Waals surface area contributed by atoms with E-state index in [2.05, 4.69) is 22.1 Å². The van der Waals surface area contributed by atoms with Gasteiger partial charge in [0.25, 0.3) is 0 Å². The van der Waals surface area contributed by atoms with Crippen molar-refractivity contribution in [2.24, 2.45) is 0 Å². The lowest BCUT2D eigenvalue weighted by atomic mass is 9.90. The molecular weight excluding hydrogens is 252 g/mol. The molecule has 0 spiro atoms. The van der Waals surface area contributed by atoms with Crippen LogP contribution >= 0.6 is 0 Å². The van der Waals surface area contributed by atoms with Gasteiger partial charge in [0, 0.05) is 13.1 Å². The third kappa shape index (κ3) is 2.87. The summed E-state index contributed by atoms with van der Waals surface area (Å²) in [5.41, 5.74) is 0. The number of ether oxygens (including phenoxy) is 1. The summed E-state index contributed by atoms with van der Waals surface area (Å²) >= 11 is 0. The first-order valence-corrected chi connectivity index (χ1v) is 7.82. The van der Waals surface area contributed by atoms with E-state index in [1.165, 1.54) is 25.7 Å². The largest absolute Gasteiger partial charge is 0.374 e. The van der Waals surface area contributed by atoms with E-state index in [1.54, 1.807) is 6.20 Å². The van der Waals surface area contributed by atoms with Crippen LogP contribution in [0.2, 0.25) is 0 Å². The molecule has 2 unspecified atom stereocenters. The number of nitrogens with zero attached hydrogens (tertiary/aromatic N) is 3. The molecule has 0 bridgehead atoms. The van der Waals surface area contributed by atoms with Crippen molar-refractivity contribution in [2.45, 2.75) is 51.2 Å². The SMILES string of the molecule is CCCNc1cncc(N2CCOC3CCCCC32)n1. The van der Waals surface area contributed by atoms with E-state index in [1.807, 2.05) is 6.20 Å². The zero-order valence-corrected chi connectivity index (χ0v) is 12.2. The first kappa shape index (κ1) is 13.6. The van der Waals surface area contributed by atoms with Gasteiger partial charge in [0.15, 0.2) is 0 Å². The maximum atomic E-state index is 5.92. The van der Waals surface area contributed by atoms with E-state index in [0.717, 1.165) is 37.8 Å². The summed E-state index contributed by atoms with van der Waals surface area (Å²) in [4.78, 5) is 11.5. The Balaban J connectivity index is 1.76. The number of nitrogens with one attached hydrogen (secondary N) is 1. The van der Waals surface area contributed by atoms with Crippen LogP contribution in [0.15, 0.2) is 12.4 Å². The Kier molecular flexibility index (Phi) is 4.35. The van der Waals surface area contributed by atoms with Gasteiger partial charge in [-0.05, 0) is 19.3 Å². The Bertz CT molecular complexity index is 438. The number of hydrogen-bond acceptors (Lipinski definition) is 5. The molecule has 1 aliphatic heterocycles. The average molecular weight is 276 g/mol. The van der Waals surface area contributed by atoms with Gasteiger partial charge in [0.1, 0.15) is 11.6 Å². The number of rotatable bonds is 4. The fraction of sp³-hybridized carbons (Fsp3) is 0.733. The Hall–Kier alpha value is -1.36. The zero-order valence-electron chi connectivity index (χ0n) is 12.2. The highest BCUT2D eigenvalue weighted by Gasteiger charge is 2.34. The van der Waals surface area contributed by atoms with Crippen molar-refractivity contribution < 1.29 is 4.74 Å². The molecule has 20 heavy (non-hydrogen) atoms. The highest BCUT2D eigenvalue weighted by Crippen LogP contribution is 2.31. The predicted octanol–water partition coefficient (Wildman–Crippen LogP) is 2.45. The maximum Gasteiger partial charge on any atom is 0.149 e. The molecule has 110 valence electrons. The van der Waals surface area contributed by atoms with E-state index in [4.69, 9.17) is 9.72 Å². The summed E-state index contributed by atoms with van der Waals surface area (Å²) < 4.78 is 5.92. The molecule has 1 N–H and O–H groups in total. The second kappa shape index (κ2) is 6.39. The van der Waals surface area contributed by atoms with Gasteiger partial charge in [-0.25, -0.2) is 4.98 Å². The second-order valence-electron chi connectivity index (χ2n) is 5.64. The monoisotopic (exact) mass is 276 g/mol. The van der Waals surface area contributed by atoms with Gasteiger partial charge < -0.3 is 15.0 Å². The molecule has 5 nitrogen and oxygen atoms in total. The molecule has 1 aliphatic carbocycles. The second-order valence-corrected chi connectivity index (χ2v) is 5.64. The third-order valence-electron chi connectivity index (χ3n) is 4.20. The molecule has 1 saturated heterocycles. The lowest BCUT2D eigenvalue weighted by Gasteiger charge is -2.44. The predicted molar refractivity (Wildman–Crippen MR) is 80.2 cm³/mol. The Labute approximate surface area is 120 Å². The molecule has 5 heteroatoms. The van der Waals surface area contributed by atoms with Gasteiger partial charge in [0.2, 0.25) is 0 Å². The highest BCUT2D eigenvalue weighted by molar-refractivity contribution is 5.45. The van der Waals surface area contributed by atoms with Crippen molar-refractivity contribution in [3.8, 4) is 0 Å². The Morgan fingerprint density at radius 2 is 2.25 bits per heavy atom. The fourth-order valence-corrected chi connectivity index (χ4v) is 3.21. The topological polar surface area (TPSA) is 50.3 Å². The minimum absolute atomic E-state index is 0.381. The Morgan fingerprint density at radius 1 is 1.35 bits per heavy atom. The molecule has 2 aliphatic rings. The smallest absolute Gasteiger partial charge is 0.149 e. The lowest BCUT2D eigenvalue weighted by molar-refractivity contribution is -0.00900. The van der Waals surface area contributed by atoms with E-state index in [0.29, 0.717) is 12.1 Å². The standard InChI is InChI=1S/C15H24N4O/c1-2-7-17-14-10-16-11-15(18-14)19-8-9-20-13-6-4-3-5-12(13)19/h10-13H,2-9H2,1H3,(H,17,18). The van der Waals surface area contributed by atoms with Crippen LogP contribution in [0.3, 0.4) is 0 Å². The van der Waals surface area contributed by atoms with E-state index in [9.17, 15) is 0 Å². The van der Waals surface area contributed by atoms with Gasteiger partial charge in [-0.1, -0.05) is 19.8 Å². The van der Waals surface area contributed by atoms with Crippen molar-refractivity contribution in [1.82, 2.24) is 9.97 Å². The summed E-state index contributed by atoms with van der Waals surface area (Å²) in [6, 6.07) is 0.480. The molecule has 1 aromatic rings. The molecule has 3 rings (SSSR count). The lowest BCUT2D eigenvalue weighted by Crippen LogP contribution is -2.53. The van der Waals surface area contributed by atoms with Crippen LogP contribution in [0, 0.1) is 0 Å². The van der Waals surface area contributed by atoms with E-state index in [-0.39, 0.29) is 0 Å². The molecule has 0 aromatic carbocycles. The number of morpholine rings is 1. The van der Waals surface area contributed by atoms with Gasteiger partial charge in [-0.3, -0.25) is 4.98 Å². The van der Waals surface area contributed by atoms with E-state index >= 15 is 0 Å². The third-order valence-corrected chi connectivity index (χ3v) is 4.20. The van der Waals surface area contributed by atoms with Crippen LogP contribution in [-0.2, 0) is 4.74 Å². The molecular formula is C15H24N4O. The minimum atomic E-state index is 0.381. The maximum absolute atomic E-state index is 5.92. The number of anilines is 2. The van der Waals surface area contributed by atoms with Crippen LogP contribution < -0.4 is 10.2 Å². The van der Waals surface area contributed by atoms with Gasteiger partial charge in [0.05, 0.1) is 31.1 Å². The Morgan fingerprint density at radius 3 is 3.15 bits per heavy atom. The quantitative estimate of drug-likeness (QED) is 0.915. The molecule has 0 amide bonds. The van der Waals surface area contributed by atoms with Crippen LogP contribution in [-0.4, -0.2) is 41.8 Å². The zero-order chi connectivity index (χ0) is 13.8. The van der Waals surface area contributed by atoms with Gasteiger partial charge >= 0.3 is 0 Å². The molecule has 2 heterocycles. The number of fused-ring (bicyclic) bond motifs is 1. The average Bonchev–Trinajstić information content (AvgIpc) is 2.52. The van der Waals surface area contributed by atoms with Crippen molar-refractivity contribution >= 4 is 11.6 Å². The number of hydrogen-bond donors (Lipinski definition) is 1. The summed E-state index contributed by atoms with van der Waals surface area (Å²) in [6.07, 6.45) is 10.1. The first-order chi connectivity index (χ1) is 9.88. The summed E-state index contributed by atoms with van der Waals surface area (Å²) in [6.45, 7) is 4.81. The first-order valence-electron chi connectivity index (χ1n) is 7.82. The van der Waals surface area contributed by atoms with Crippen molar-refractivity contribution in [3.05, 3.63) is 12.4 Å². The van der Waals surface area contributed by atoms with Crippen LogP contribution in [0.25, 0.3) is 0 Å². The molecule has 2 fully saturated rings. The summed E-state index contributed by atoms with van der Waals surface area (Å²) in [5.74, 6) is 1.87. The normalized spacial score (nSPS) is 26.1. The molecule has 1 aromatic heterocycles. The van der Waals surface area contributed by atoms with Gasteiger partial charge in [-0.15, -0.1) is 0 Å². The summed E-state index contributed by atoms with van der Waals surface area (Å²) in [7, 11) is 0. The van der Waals surface area contributed by atoms with Crippen LogP contribution in [0.5, 0.6) is 0 Å². The van der Waals surface area contributed by atoms with Crippen molar-refractivity contribution in [1.29, 1.82) is 0 Å². The van der Waals surface area contributed by atoms with Crippen molar-refractivity contribution in [3.63, 3.8) is 0 Å². The molecule has 2 atom stereocenters. The van der Waals surface area contributed by atoms with Gasteiger partial charge in [-0.2, -0.15) is 0 Å². The van der Waals surface area contributed by atoms with E-state index < -0.39 is 0 Å². The number of aromatic nitrogens is 2. The van der Waals surface area contributed by atoms with Crippen molar-refractivity contribution in [2.75, 3.05) is 29.9 Å². The molecule has 1 saturated carbocycles.